The fraction of sp³-hybridized carbons (Fsp3) is 0.400. The van der Waals surface area contributed by atoms with Crippen LogP contribution in [-0.2, 0) is 11.4 Å². The van der Waals surface area contributed by atoms with E-state index in [2.05, 4.69) is 15.0 Å². The van der Waals surface area contributed by atoms with E-state index >= 15 is 0 Å². The lowest BCUT2D eigenvalue weighted by Crippen LogP contribution is -2.34. The molecule has 1 aliphatic heterocycles. The lowest BCUT2D eigenvalue weighted by atomic mass is 9.85. The molecule has 0 unspecified atom stereocenters. The maximum atomic E-state index is 14.0. The Morgan fingerprint density at radius 3 is 2.73 bits per heavy atom. The van der Waals surface area contributed by atoms with Gasteiger partial charge in [-0.15, -0.1) is 0 Å². The van der Waals surface area contributed by atoms with Crippen molar-refractivity contribution in [3.05, 3.63) is 52.4 Å². The zero-order valence-electron chi connectivity index (χ0n) is 15.9. The highest BCUT2D eigenvalue weighted by molar-refractivity contribution is 6.30. The molecule has 5 nitrogen and oxygen atoms in total. The fourth-order valence-corrected chi connectivity index (χ4v) is 3.38. The van der Waals surface area contributed by atoms with Crippen LogP contribution in [0.5, 0.6) is 11.6 Å². The van der Waals surface area contributed by atoms with Crippen molar-refractivity contribution in [3.8, 4) is 11.6 Å². The number of rotatable bonds is 5. The smallest absolute Gasteiger partial charge is 0.470 e. The molecule has 1 fully saturated rings. The van der Waals surface area contributed by atoms with Crippen molar-refractivity contribution in [3.63, 3.8) is 0 Å². The molecule has 1 aromatic carbocycles. The van der Waals surface area contributed by atoms with Gasteiger partial charge in [0, 0.05) is 22.2 Å². The molecule has 2 atom stereocenters. The molecule has 3 rings (SSSR count). The van der Waals surface area contributed by atoms with E-state index in [4.69, 9.17) is 16.3 Å². The van der Waals surface area contributed by atoms with Gasteiger partial charge in [0.05, 0.1) is 0 Å². The van der Waals surface area contributed by atoms with Crippen LogP contribution in [-0.4, -0.2) is 30.2 Å². The fourth-order valence-electron chi connectivity index (χ4n) is 3.23. The molecular weight excluding hydrogens is 428 g/mol. The molecule has 30 heavy (non-hydrogen) atoms. The Bertz CT molecular complexity index is 923. The molecule has 162 valence electrons. The Kier molecular flexibility index (Phi) is 6.82. The summed E-state index contributed by atoms with van der Waals surface area (Å²) in [5, 5.41) is 3.45. The summed E-state index contributed by atoms with van der Waals surface area (Å²) in [7, 11) is 0. The Morgan fingerprint density at radius 1 is 1.30 bits per heavy atom. The van der Waals surface area contributed by atoms with E-state index in [9.17, 15) is 22.4 Å². The molecule has 2 heterocycles. The number of esters is 1. The summed E-state index contributed by atoms with van der Waals surface area (Å²) in [5.74, 6) is -3.55. The van der Waals surface area contributed by atoms with Crippen LogP contribution in [0.1, 0.15) is 30.5 Å². The van der Waals surface area contributed by atoms with Crippen LogP contribution >= 0.6 is 11.6 Å². The average Bonchev–Trinajstić information content (AvgIpc) is 2.68. The van der Waals surface area contributed by atoms with Gasteiger partial charge in [0.2, 0.25) is 0 Å². The minimum atomic E-state index is -5.18. The number of nitrogens with zero attached hydrogens (tertiary/aromatic N) is 1. The Morgan fingerprint density at radius 2 is 2.07 bits per heavy atom. The molecule has 1 saturated heterocycles. The summed E-state index contributed by atoms with van der Waals surface area (Å²) in [5.41, 5.74) is 0.720. The largest absolute Gasteiger partial charge is 0.491 e. The second-order valence-electron chi connectivity index (χ2n) is 7.03. The van der Waals surface area contributed by atoms with Crippen molar-refractivity contribution >= 4 is 17.6 Å². The Hall–Kier alpha value is -2.39. The van der Waals surface area contributed by atoms with Gasteiger partial charge in [-0.1, -0.05) is 24.6 Å². The molecule has 1 aliphatic rings. The maximum Gasteiger partial charge on any atom is 0.491 e. The number of alkyl halides is 3. The van der Waals surface area contributed by atoms with Gasteiger partial charge < -0.3 is 14.8 Å². The first-order valence-electron chi connectivity index (χ1n) is 9.22. The number of nitrogens with one attached hydrogen (secondary N) is 1. The van der Waals surface area contributed by atoms with Gasteiger partial charge in [-0.2, -0.15) is 13.2 Å². The second-order valence-corrected chi connectivity index (χ2v) is 7.46. The minimum absolute atomic E-state index is 0.0493. The third-order valence-corrected chi connectivity index (χ3v) is 5.06. The average molecular weight is 447 g/mol. The van der Waals surface area contributed by atoms with Gasteiger partial charge in [-0.25, -0.2) is 14.2 Å². The van der Waals surface area contributed by atoms with E-state index in [1.807, 2.05) is 6.92 Å². The van der Waals surface area contributed by atoms with E-state index in [-0.39, 0.29) is 34.9 Å². The van der Waals surface area contributed by atoms with E-state index in [1.165, 1.54) is 24.3 Å². The van der Waals surface area contributed by atoms with Crippen LogP contribution in [0.15, 0.2) is 30.3 Å². The number of piperidine rings is 1. The van der Waals surface area contributed by atoms with Gasteiger partial charge in [0.25, 0.3) is 5.88 Å². The summed E-state index contributed by atoms with van der Waals surface area (Å²) in [6.45, 7) is 3.23. The number of pyridine rings is 1. The summed E-state index contributed by atoms with van der Waals surface area (Å²) >= 11 is 5.72. The highest BCUT2D eigenvalue weighted by atomic mass is 35.5. The van der Waals surface area contributed by atoms with Gasteiger partial charge in [0.15, 0.2) is 5.75 Å². The van der Waals surface area contributed by atoms with E-state index in [1.54, 1.807) is 0 Å². The normalized spacial score (nSPS) is 19.4. The summed E-state index contributed by atoms with van der Waals surface area (Å²) < 4.78 is 61.8. The Balaban J connectivity index is 1.88. The SMILES string of the molecule is C[C@H]1CNCC[C@H]1c1ccc(OC(=O)C(F)(F)F)c(OCc2ccc(Cl)cc2F)n1. The first-order valence-corrected chi connectivity index (χ1v) is 9.60. The predicted molar refractivity (Wildman–Crippen MR) is 101 cm³/mol. The van der Waals surface area contributed by atoms with Crippen LogP contribution in [0.25, 0.3) is 0 Å². The lowest BCUT2D eigenvalue weighted by Gasteiger charge is -2.29. The summed E-state index contributed by atoms with van der Waals surface area (Å²) in [4.78, 5) is 15.6. The molecule has 0 radical (unpaired) electrons. The van der Waals surface area contributed by atoms with Crippen molar-refractivity contribution in [2.75, 3.05) is 13.1 Å². The number of hydrogen-bond donors (Lipinski definition) is 1. The molecule has 0 saturated carbocycles. The van der Waals surface area contributed by atoms with Crippen molar-refractivity contribution in [2.45, 2.75) is 32.0 Å². The number of carbonyl (C=O) groups excluding carboxylic acids is 1. The number of ether oxygens (including phenoxy) is 2. The molecule has 0 spiro atoms. The first kappa shape index (κ1) is 22.3. The van der Waals surface area contributed by atoms with E-state index in [0.29, 0.717) is 5.69 Å². The van der Waals surface area contributed by atoms with Gasteiger partial charge >= 0.3 is 12.1 Å². The van der Waals surface area contributed by atoms with Crippen molar-refractivity contribution in [1.82, 2.24) is 10.3 Å². The van der Waals surface area contributed by atoms with Crippen LogP contribution in [0.4, 0.5) is 17.6 Å². The van der Waals surface area contributed by atoms with Crippen LogP contribution < -0.4 is 14.8 Å². The van der Waals surface area contributed by atoms with Crippen molar-refractivity contribution < 1.29 is 31.8 Å². The maximum absolute atomic E-state index is 14.0. The van der Waals surface area contributed by atoms with Gasteiger partial charge in [0.1, 0.15) is 12.4 Å². The molecule has 2 aromatic rings. The summed E-state index contributed by atoms with van der Waals surface area (Å²) in [6, 6.07) is 6.66. The predicted octanol–water partition coefficient (Wildman–Crippen LogP) is 4.63. The molecule has 10 heteroatoms. The quantitative estimate of drug-likeness (QED) is 0.536. The second kappa shape index (κ2) is 9.18. The third-order valence-electron chi connectivity index (χ3n) is 4.83. The summed E-state index contributed by atoms with van der Waals surface area (Å²) in [6.07, 6.45) is -4.40. The molecule has 0 aliphatic carbocycles. The third kappa shape index (κ3) is 5.40. The van der Waals surface area contributed by atoms with E-state index in [0.717, 1.165) is 25.6 Å². The van der Waals surface area contributed by atoms with Crippen LogP contribution in [0.3, 0.4) is 0 Å². The highest BCUT2D eigenvalue weighted by Gasteiger charge is 2.42. The van der Waals surface area contributed by atoms with Gasteiger partial charge in [-0.3, -0.25) is 0 Å². The highest BCUT2D eigenvalue weighted by Crippen LogP contribution is 2.35. The molecule has 0 bridgehead atoms. The molecule has 0 amide bonds. The standard InChI is InChI=1S/C20H19ClF4N2O3/c1-11-9-26-7-6-14(11)16-4-5-17(30-19(28)20(23,24)25)18(27-16)29-10-12-2-3-13(21)8-15(12)22/h2-5,8,11,14,26H,6-7,9-10H2,1H3/t11-,14+/m0/s1. The number of hydrogen-bond acceptors (Lipinski definition) is 5. The monoisotopic (exact) mass is 446 g/mol. The first-order chi connectivity index (χ1) is 14.1. The topological polar surface area (TPSA) is 60.5 Å². The molecule has 1 aromatic heterocycles. The zero-order chi connectivity index (χ0) is 21.9. The van der Waals surface area contributed by atoms with Crippen molar-refractivity contribution in [2.24, 2.45) is 5.92 Å². The van der Waals surface area contributed by atoms with Crippen molar-refractivity contribution in [1.29, 1.82) is 0 Å². The number of carbonyl (C=O) groups is 1. The van der Waals surface area contributed by atoms with Gasteiger partial charge in [-0.05, 0) is 49.7 Å². The number of halogens is 5. The van der Waals surface area contributed by atoms with E-state index < -0.39 is 23.7 Å². The number of benzene rings is 1. The van der Waals surface area contributed by atoms with Crippen LogP contribution in [0, 0.1) is 11.7 Å². The zero-order valence-corrected chi connectivity index (χ0v) is 16.7. The lowest BCUT2D eigenvalue weighted by molar-refractivity contribution is -0.189. The molecule has 1 N–H and O–H groups in total. The van der Waals surface area contributed by atoms with Crippen LogP contribution in [0.2, 0.25) is 5.02 Å². The number of aromatic nitrogens is 1. The molecular formula is C20H19ClF4N2O3. The Labute approximate surface area is 175 Å². The minimum Gasteiger partial charge on any atom is -0.470 e.